The minimum Gasteiger partial charge on any atom is -0.339 e. The Labute approximate surface area is 142 Å². The molecule has 1 saturated heterocycles. The van der Waals surface area contributed by atoms with Crippen LogP contribution in [-0.4, -0.2) is 28.1 Å². The van der Waals surface area contributed by atoms with Crippen LogP contribution in [0.4, 0.5) is 0 Å². The third kappa shape index (κ3) is 3.10. The standard InChI is InChI=1S/C20H21N3O/c1-15-7-5-6-10-18(15)19-21-20(24-22-19)17-11-12-23(14-17)13-16-8-3-2-4-9-16/h2-10,17H,11-14H2,1H3/t17-/m1/s1. The van der Waals surface area contributed by atoms with Gasteiger partial charge in [-0.15, -0.1) is 0 Å². The number of aryl methyl sites for hydroxylation is 1. The summed E-state index contributed by atoms with van der Waals surface area (Å²) in [5.41, 5.74) is 3.57. The second kappa shape index (κ2) is 6.57. The smallest absolute Gasteiger partial charge is 0.231 e. The number of hydrogen-bond donors (Lipinski definition) is 0. The Morgan fingerprint density at radius 3 is 2.71 bits per heavy atom. The molecule has 122 valence electrons. The minimum absolute atomic E-state index is 0.332. The van der Waals surface area contributed by atoms with Gasteiger partial charge in [-0.2, -0.15) is 4.98 Å². The van der Waals surface area contributed by atoms with Crippen LogP contribution >= 0.6 is 0 Å². The lowest BCUT2D eigenvalue weighted by atomic mass is 10.1. The van der Waals surface area contributed by atoms with Gasteiger partial charge in [0.1, 0.15) is 0 Å². The first-order valence-electron chi connectivity index (χ1n) is 8.45. The van der Waals surface area contributed by atoms with Crippen molar-refractivity contribution in [2.75, 3.05) is 13.1 Å². The topological polar surface area (TPSA) is 42.2 Å². The van der Waals surface area contributed by atoms with Crippen molar-refractivity contribution in [2.45, 2.75) is 25.8 Å². The lowest BCUT2D eigenvalue weighted by Gasteiger charge is -2.14. The molecule has 2 heterocycles. The molecule has 0 aliphatic carbocycles. The van der Waals surface area contributed by atoms with Crippen molar-refractivity contribution in [3.05, 3.63) is 71.6 Å². The van der Waals surface area contributed by atoms with E-state index in [0.29, 0.717) is 11.7 Å². The third-order valence-corrected chi connectivity index (χ3v) is 4.70. The maximum Gasteiger partial charge on any atom is 0.231 e. The molecule has 4 nitrogen and oxygen atoms in total. The zero-order valence-electron chi connectivity index (χ0n) is 13.9. The molecule has 3 aromatic rings. The van der Waals surface area contributed by atoms with Crippen LogP contribution in [0.1, 0.15) is 29.4 Å². The first-order valence-corrected chi connectivity index (χ1v) is 8.45. The molecule has 1 aliphatic heterocycles. The van der Waals surface area contributed by atoms with Gasteiger partial charge in [0.05, 0.1) is 5.92 Å². The van der Waals surface area contributed by atoms with Crippen LogP contribution in [0.5, 0.6) is 0 Å². The molecule has 0 amide bonds. The van der Waals surface area contributed by atoms with Crippen molar-refractivity contribution in [3.8, 4) is 11.4 Å². The monoisotopic (exact) mass is 319 g/mol. The average molecular weight is 319 g/mol. The van der Waals surface area contributed by atoms with Crippen molar-refractivity contribution >= 4 is 0 Å². The molecule has 1 atom stereocenters. The summed E-state index contributed by atoms with van der Waals surface area (Å²) in [6.45, 7) is 5.10. The maximum atomic E-state index is 5.57. The number of benzene rings is 2. The van der Waals surface area contributed by atoms with Crippen LogP contribution in [0.3, 0.4) is 0 Å². The Morgan fingerprint density at radius 2 is 1.88 bits per heavy atom. The molecule has 1 aromatic heterocycles. The van der Waals surface area contributed by atoms with E-state index in [4.69, 9.17) is 4.52 Å². The normalized spacial score (nSPS) is 18.1. The maximum absolute atomic E-state index is 5.57. The van der Waals surface area contributed by atoms with Gasteiger partial charge < -0.3 is 4.52 Å². The van der Waals surface area contributed by atoms with Crippen LogP contribution < -0.4 is 0 Å². The van der Waals surface area contributed by atoms with E-state index in [9.17, 15) is 0 Å². The molecule has 24 heavy (non-hydrogen) atoms. The summed E-state index contributed by atoms with van der Waals surface area (Å²) in [6, 6.07) is 18.7. The van der Waals surface area contributed by atoms with Crippen LogP contribution in [0.2, 0.25) is 0 Å². The summed E-state index contributed by atoms with van der Waals surface area (Å²) in [4.78, 5) is 7.12. The molecule has 4 heteroatoms. The molecule has 2 aromatic carbocycles. The van der Waals surface area contributed by atoms with Crippen LogP contribution in [0, 0.1) is 6.92 Å². The molecule has 4 rings (SSSR count). The van der Waals surface area contributed by atoms with E-state index in [0.717, 1.165) is 37.5 Å². The van der Waals surface area contributed by atoms with Crippen molar-refractivity contribution in [1.82, 2.24) is 15.0 Å². The lowest BCUT2D eigenvalue weighted by molar-refractivity contribution is 0.309. The summed E-state index contributed by atoms with van der Waals surface area (Å²) < 4.78 is 5.57. The number of nitrogens with zero attached hydrogens (tertiary/aromatic N) is 3. The van der Waals surface area contributed by atoms with Gasteiger partial charge in [0.2, 0.25) is 11.7 Å². The van der Waals surface area contributed by atoms with Crippen LogP contribution in [0.25, 0.3) is 11.4 Å². The highest BCUT2D eigenvalue weighted by Crippen LogP contribution is 2.29. The number of aromatic nitrogens is 2. The Hall–Kier alpha value is -2.46. The number of likely N-dealkylation sites (tertiary alicyclic amines) is 1. The zero-order chi connectivity index (χ0) is 16.4. The predicted octanol–water partition coefficient (Wildman–Crippen LogP) is 4.03. The zero-order valence-corrected chi connectivity index (χ0v) is 13.9. The lowest BCUT2D eigenvalue weighted by Crippen LogP contribution is -2.19. The second-order valence-corrected chi connectivity index (χ2v) is 6.48. The molecular formula is C20H21N3O. The highest BCUT2D eigenvalue weighted by Gasteiger charge is 2.28. The van der Waals surface area contributed by atoms with Crippen molar-refractivity contribution in [2.24, 2.45) is 0 Å². The summed E-state index contributed by atoms with van der Waals surface area (Å²) in [6.07, 6.45) is 1.07. The predicted molar refractivity (Wildman–Crippen MR) is 93.5 cm³/mol. The Morgan fingerprint density at radius 1 is 1.08 bits per heavy atom. The quantitative estimate of drug-likeness (QED) is 0.728. The number of rotatable bonds is 4. The molecule has 0 saturated carbocycles. The minimum atomic E-state index is 0.332. The molecule has 1 aliphatic rings. The largest absolute Gasteiger partial charge is 0.339 e. The number of hydrogen-bond acceptors (Lipinski definition) is 4. The molecular weight excluding hydrogens is 298 g/mol. The summed E-state index contributed by atoms with van der Waals surface area (Å²) in [5.74, 6) is 1.80. The van der Waals surface area contributed by atoms with E-state index in [1.54, 1.807) is 0 Å². The van der Waals surface area contributed by atoms with Crippen molar-refractivity contribution in [3.63, 3.8) is 0 Å². The molecule has 0 radical (unpaired) electrons. The third-order valence-electron chi connectivity index (χ3n) is 4.70. The fourth-order valence-corrected chi connectivity index (χ4v) is 3.35. The molecule has 0 spiro atoms. The highest BCUT2D eigenvalue weighted by atomic mass is 16.5. The fraction of sp³-hybridized carbons (Fsp3) is 0.300. The van der Waals surface area contributed by atoms with E-state index >= 15 is 0 Å². The summed E-state index contributed by atoms with van der Waals surface area (Å²) in [5, 5.41) is 4.20. The SMILES string of the molecule is Cc1ccccc1-c1noc([C@@H]2CCN(Cc3ccccc3)C2)n1. The fourth-order valence-electron chi connectivity index (χ4n) is 3.35. The Balaban J connectivity index is 1.45. The van der Waals surface area contributed by atoms with Gasteiger partial charge in [0, 0.05) is 18.7 Å². The summed E-state index contributed by atoms with van der Waals surface area (Å²) >= 11 is 0. The van der Waals surface area contributed by atoms with E-state index in [2.05, 4.69) is 58.4 Å². The van der Waals surface area contributed by atoms with Crippen molar-refractivity contribution in [1.29, 1.82) is 0 Å². The van der Waals surface area contributed by atoms with Gasteiger partial charge in [-0.25, -0.2) is 0 Å². The van der Waals surface area contributed by atoms with Crippen LogP contribution in [0.15, 0.2) is 59.1 Å². The van der Waals surface area contributed by atoms with E-state index in [1.807, 2.05) is 18.2 Å². The molecule has 1 fully saturated rings. The Bertz CT molecular complexity index is 813. The van der Waals surface area contributed by atoms with E-state index in [-0.39, 0.29) is 0 Å². The molecule has 0 bridgehead atoms. The Kier molecular flexibility index (Phi) is 4.13. The van der Waals surface area contributed by atoms with Gasteiger partial charge in [0.15, 0.2) is 0 Å². The van der Waals surface area contributed by atoms with Gasteiger partial charge >= 0.3 is 0 Å². The first-order chi connectivity index (χ1) is 11.8. The van der Waals surface area contributed by atoms with Gasteiger partial charge in [-0.1, -0.05) is 59.8 Å². The van der Waals surface area contributed by atoms with Gasteiger partial charge in [-0.05, 0) is 31.0 Å². The molecule has 0 N–H and O–H groups in total. The van der Waals surface area contributed by atoms with Crippen molar-refractivity contribution < 1.29 is 4.52 Å². The first kappa shape index (κ1) is 15.1. The van der Waals surface area contributed by atoms with E-state index in [1.165, 1.54) is 11.1 Å². The molecule has 0 unspecified atom stereocenters. The summed E-state index contributed by atoms with van der Waals surface area (Å²) in [7, 11) is 0. The van der Waals surface area contributed by atoms with Gasteiger partial charge in [0.25, 0.3) is 0 Å². The van der Waals surface area contributed by atoms with Crippen LogP contribution in [-0.2, 0) is 6.54 Å². The van der Waals surface area contributed by atoms with E-state index < -0.39 is 0 Å². The average Bonchev–Trinajstić information content (AvgIpc) is 3.25. The van der Waals surface area contributed by atoms with Gasteiger partial charge in [-0.3, -0.25) is 4.90 Å². The second-order valence-electron chi connectivity index (χ2n) is 6.48. The highest BCUT2D eigenvalue weighted by molar-refractivity contribution is 5.59.